The van der Waals surface area contributed by atoms with Gasteiger partial charge in [0.1, 0.15) is 42.5 Å². The third kappa shape index (κ3) is 16.8. The molecule has 0 spiro atoms. The van der Waals surface area contributed by atoms with Gasteiger partial charge < -0.3 is 28.4 Å². The molecule has 1 atom stereocenters. The Morgan fingerprint density at radius 1 is 0.727 bits per heavy atom. The second kappa shape index (κ2) is 29.3. The third-order valence-electron chi connectivity index (χ3n) is 9.89. The molecule has 1 unspecified atom stereocenters. The highest BCUT2D eigenvalue weighted by molar-refractivity contribution is 6.24. The standard InChI is InChI=1S/C41H42N2O8.C10H12O.C3H4O/c1-4-39(44)49-23-10-9-22-48-27-33(47-3)28-50-32-18-16-30(17-19-32)41(45)51-38-20-15-29(21-24-46-2)25-31(38)26-42-43-40-36-13-7-5-11-34(36)35-12-6-8-14-37(35)40;1-2-3-9-4-6-10(8-11)7-5-9;1-2-3-4/h4-8,11-20,25-26,33H,1,9-10,21-24,27-28H2,2-3H3;4-8H,2-3H2,1H3;2-3H,1H2/b42-26+;;. The van der Waals surface area contributed by atoms with E-state index in [9.17, 15) is 14.4 Å². The first-order valence-electron chi connectivity index (χ1n) is 21.7. The van der Waals surface area contributed by atoms with Crippen molar-refractivity contribution < 1.29 is 47.6 Å². The van der Waals surface area contributed by atoms with Crippen LogP contribution in [0.3, 0.4) is 0 Å². The third-order valence-corrected chi connectivity index (χ3v) is 9.89. The van der Waals surface area contributed by atoms with Gasteiger partial charge in [-0.05, 0) is 90.4 Å². The van der Waals surface area contributed by atoms with E-state index in [1.165, 1.54) is 11.6 Å². The Morgan fingerprint density at radius 2 is 1.36 bits per heavy atom. The molecule has 66 heavy (non-hydrogen) atoms. The summed E-state index contributed by atoms with van der Waals surface area (Å²) in [5, 5.41) is 9.10. The van der Waals surface area contributed by atoms with E-state index in [-0.39, 0.29) is 12.7 Å². The first-order valence-corrected chi connectivity index (χ1v) is 21.7. The summed E-state index contributed by atoms with van der Waals surface area (Å²) in [6, 6.07) is 36.3. The number of hydrogen-bond acceptors (Lipinski definition) is 12. The number of methoxy groups -OCH3 is 2. The molecule has 0 fully saturated rings. The van der Waals surface area contributed by atoms with Crippen molar-refractivity contribution in [3.8, 4) is 22.6 Å². The van der Waals surface area contributed by atoms with Gasteiger partial charge in [0, 0.05) is 49.2 Å². The van der Waals surface area contributed by atoms with E-state index < -0.39 is 11.9 Å². The number of ether oxygens (including phenoxy) is 6. The molecule has 0 amide bonds. The van der Waals surface area contributed by atoms with E-state index in [2.05, 4.69) is 42.4 Å². The first kappa shape index (κ1) is 51.5. The smallest absolute Gasteiger partial charge is 0.343 e. The van der Waals surface area contributed by atoms with Crippen LogP contribution >= 0.6 is 0 Å². The van der Waals surface area contributed by atoms with Crippen LogP contribution in [0.5, 0.6) is 11.5 Å². The molecule has 0 saturated carbocycles. The number of hydrogen-bond donors (Lipinski definition) is 0. The monoisotopic (exact) mass is 894 g/mol. The SMILES string of the molecule is C=CC(=O)OCCCCOCC(COc1ccc(C(=O)Oc2ccc(CCOC)cc2/C=N/N=C2c3ccccc3-c3ccccc32)cc1)OC.C=CC=O.CCCc1ccc(C=O)cc1. The van der Waals surface area contributed by atoms with Crippen LogP contribution in [-0.2, 0) is 41.4 Å². The highest BCUT2D eigenvalue weighted by Crippen LogP contribution is 2.36. The maximum atomic E-state index is 13.2. The quantitative estimate of drug-likeness (QED) is 0.0116. The van der Waals surface area contributed by atoms with Crippen LogP contribution in [-0.4, -0.2) is 89.8 Å². The maximum Gasteiger partial charge on any atom is 0.343 e. The Morgan fingerprint density at radius 3 is 1.95 bits per heavy atom. The van der Waals surface area contributed by atoms with Gasteiger partial charge in [0.15, 0.2) is 0 Å². The minimum absolute atomic E-state index is 0.261. The number of benzene rings is 5. The second-order valence-corrected chi connectivity index (χ2v) is 14.6. The van der Waals surface area contributed by atoms with E-state index in [1.54, 1.807) is 50.8 Å². The molecular weight excluding hydrogens is 837 g/mol. The number of carbonyl (C=O) groups is 4. The summed E-state index contributed by atoms with van der Waals surface area (Å²) in [5.74, 6) is -0.0190. The topological polar surface area (TPSA) is 148 Å². The predicted octanol–water partition coefficient (Wildman–Crippen LogP) is 9.69. The highest BCUT2D eigenvalue weighted by atomic mass is 16.6. The van der Waals surface area contributed by atoms with Crippen molar-refractivity contribution in [3.63, 3.8) is 0 Å². The molecule has 5 aromatic rings. The molecule has 1 aliphatic rings. The van der Waals surface area contributed by atoms with Gasteiger partial charge in [-0.2, -0.15) is 5.10 Å². The zero-order valence-corrected chi connectivity index (χ0v) is 37.9. The zero-order valence-electron chi connectivity index (χ0n) is 37.9. The number of unbranched alkanes of at least 4 members (excludes halogenated alkanes) is 1. The minimum atomic E-state index is -0.520. The normalized spacial score (nSPS) is 11.3. The highest BCUT2D eigenvalue weighted by Gasteiger charge is 2.24. The van der Waals surface area contributed by atoms with Gasteiger partial charge in [-0.1, -0.05) is 105 Å². The maximum absolute atomic E-state index is 13.2. The van der Waals surface area contributed by atoms with E-state index in [4.69, 9.17) is 33.2 Å². The molecule has 1 aliphatic carbocycles. The lowest BCUT2D eigenvalue weighted by Gasteiger charge is -2.16. The fourth-order valence-electron chi connectivity index (χ4n) is 6.44. The summed E-state index contributed by atoms with van der Waals surface area (Å²) in [4.78, 5) is 43.7. The van der Waals surface area contributed by atoms with Crippen LogP contribution in [0, 0.1) is 0 Å². The Hall–Kier alpha value is -7.12. The van der Waals surface area contributed by atoms with Gasteiger partial charge in [0.2, 0.25) is 0 Å². The lowest BCUT2D eigenvalue weighted by Crippen LogP contribution is -2.26. The minimum Gasteiger partial charge on any atom is -0.491 e. The van der Waals surface area contributed by atoms with Crippen molar-refractivity contribution in [2.24, 2.45) is 10.2 Å². The number of aldehydes is 2. The molecule has 0 aliphatic heterocycles. The number of rotatable bonds is 23. The molecule has 5 aromatic carbocycles. The average Bonchev–Trinajstić information content (AvgIpc) is 3.68. The van der Waals surface area contributed by atoms with Crippen LogP contribution in [0.1, 0.15) is 74.7 Å². The van der Waals surface area contributed by atoms with Crippen molar-refractivity contribution in [2.75, 3.05) is 47.3 Å². The van der Waals surface area contributed by atoms with Gasteiger partial charge in [0.05, 0.1) is 31.6 Å². The van der Waals surface area contributed by atoms with E-state index >= 15 is 0 Å². The Bertz CT molecular complexity index is 2340. The molecule has 6 rings (SSSR count). The fourth-order valence-corrected chi connectivity index (χ4v) is 6.44. The molecule has 344 valence electrons. The average molecular weight is 895 g/mol. The van der Waals surface area contributed by atoms with Crippen LogP contribution in [0.25, 0.3) is 11.1 Å². The number of fused-ring (bicyclic) bond motifs is 3. The van der Waals surface area contributed by atoms with Gasteiger partial charge >= 0.3 is 11.9 Å². The largest absolute Gasteiger partial charge is 0.491 e. The number of nitrogens with zero attached hydrogens (tertiary/aromatic N) is 2. The molecule has 0 radical (unpaired) electrons. The summed E-state index contributed by atoms with van der Waals surface area (Å²) in [7, 11) is 3.25. The van der Waals surface area contributed by atoms with E-state index in [0.717, 1.165) is 70.7 Å². The molecule has 0 bridgehead atoms. The number of carbonyl (C=O) groups excluding carboxylic acids is 4. The Kier molecular flexibility index (Phi) is 22.9. The Labute approximate surface area is 387 Å². The molecule has 0 N–H and O–H groups in total. The summed E-state index contributed by atoms with van der Waals surface area (Å²) in [6.45, 7) is 10.6. The van der Waals surface area contributed by atoms with E-state index in [0.29, 0.717) is 68.2 Å². The van der Waals surface area contributed by atoms with Crippen molar-refractivity contribution in [1.29, 1.82) is 0 Å². The lowest BCUT2D eigenvalue weighted by atomic mass is 10.1. The molecule has 12 heteroatoms. The summed E-state index contributed by atoms with van der Waals surface area (Å²) in [5.41, 5.74) is 9.12. The van der Waals surface area contributed by atoms with Crippen molar-refractivity contribution in [1.82, 2.24) is 0 Å². The van der Waals surface area contributed by atoms with Crippen LogP contribution in [0.15, 0.2) is 151 Å². The molecule has 0 heterocycles. The van der Waals surface area contributed by atoms with Gasteiger partial charge in [-0.3, -0.25) is 9.59 Å². The van der Waals surface area contributed by atoms with Crippen molar-refractivity contribution in [2.45, 2.75) is 45.1 Å². The van der Waals surface area contributed by atoms with Gasteiger partial charge in [-0.15, -0.1) is 5.10 Å². The van der Waals surface area contributed by atoms with Crippen LogP contribution in [0.4, 0.5) is 0 Å². The molecule has 12 nitrogen and oxygen atoms in total. The van der Waals surface area contributed by atoms with Crippen molar-refractivity contribution >= 4 is 36.4 Å². The summed E-state index contributed by atoms with van der Waals surface area (Å²) >= 11 is 0. The van der Waals surface area contributed by atoms with Gasteiger partial charge in [0.25, 0.3) is 0 Å². The van der Waals surface area contributed by atoms with Crippen LogP contribution < -0.4 is 9.47 Å². The van der Waals surface area contributed by atoms with E-state index in [1.807, 2.05) is 72.8 Å². The second-order valence-electron chi connectivity index (χ2n) is 14.6. The fraction of sp³-hybridized carbons (Fsp3) is 0.259. The molecule has 0 aromatic heterocycles. The van der Waals surface area contributed by atoms with Crippen molar-refractivity contribution in [3.05, 3.63) is 180 Å². The van der Waals surface area contributed by atoms with Gasteiger partial charge in [-0.25, -0.2) is 9.59 Å². The number of allylic oxidation sites excluding steroid dienone is 1. The zero-order chi connectivity index (χ0) is 47.4. The number of esters is 2. The number of aryl methyl sites for hydroxylation is 1. The molecular formula is C54H58N2O10. The Balaban J connectivity index is 0.000000540. The summed E-state index contributed by atoms with van der Waals surface area (Å²) < 4.78 is 33.1. The summed E-state index contributed by atoms with van der Waals surface area (Å²) in [6.07, 6.45) is 9.54. The van der Waals surface area contributed by atoms with Crippen LogP contribution in [0.2, 0.25) is 0 Å². The first-order chi connectivity index (χ1) is 32.3. The predicted molar refractivity (Wildman–Crippen MR) is 258 cm³/mol. The lowest BCUT2D eigenvalue weighted by molar-refractivity contribution is -0.137. The molecule has 0 saturated heterocycles.